The van der Waals surface area contributed by atoms with Crippen molar-refractivity contribution in [3.8, 4) is 0 Å². The highest BCUT2D eigenvalue weighted by Crippen LogP contribution is 2.31. The largest absolute Gasteiger partial charge is 0.481 e. The van der Waals surface area contributed by atoms with Crippen molar-refractivity contribution in [1.82, 2.24) is 0 Å². The number of carboxylic acids is 1. The summed E-state index contributed by atoms with van der Waals surface area (Å²) in [4.78, 5) is 24.5. The number of rotatable bonds is 3. The molecule has 18 heavy (non-hydrogen) atoms. The van der Waals surface area contributed by atoms with E-state index in [1.807, 2.05) is 36.1 Å². The predicted octanol–water partition coefficient (Wildman–Crippen LogP) is 1.55. The van der Waals surface area contributed by atoms with Gasteiger partial charge in [0.25, 0.3) is 0 Å². The number of amides is 1. The Bertz CT molecular complexity index is 487. The number of hydrogen-bond acceptors (Lipinski definition) is 3. The Hall–Kier alpha value is -2.04. The minimum atomic E-state index is -0.856. The summed E-state index contributed by atoms with van der Waals surface area (Å²) in [6.07, 6.45) is 0. The molecule has 0 fully saturated rings. The number of hydrogen-bond donors (Lipinski definition) is 2. The van der Waals surface area contributed by atoms with E-state index in [1.54, 1.807) is 6.92 Å². The number of carbonyl (C=O) groups excluding carboxylic acids is 1. The van der Waals surface area contributed by atoms with Crippen molar-refractivity contribution >= 4 is 23.3 Å². The van der Waals surface area contributed by atoms with Crippen LogP contribution in [0.4, 0.5) is 11.4 Å². The Kier molecular flexibility index (Phi) is 3.23. The molecule has 0 saturated carbocycles. The predicted molar refractivity (Wildman–Crippen MR) is 68.7 cm³/mol. The highest BCUT2D eigenvalue weighted by molar-refractivity contribution is 6.01. The van der Waals surface area contributed by atoms with E-state index in [1.165, 1.54) is 0 Å². The zero-order valence-corrected chi connectivity index (χ0v) is 10.4. The number of carbonyl (C=O) groups is 2. The van der Waals surface area contributed by atoms with Crippen LogP contribution in [0, 0.1) is 5.92 Å². The second kappa shape index (κ2) is 4.68. The number of benzene rings is 1. The molecule has 2 unspecified atom stereocenters. The zero-order valence-electron chi connectivity index (χ0n) is 10.4. The van der Waals surface area contributed by atoms with Crippen molar-refractivity contribution in [3.05, 3.63) is 24.3 Å². The summed E-state index contributed by atoms with van der Waals surface area (Å²) >= 11 is 0. The first-order chi connectivity index (χ1) is 8.50. The Balaban J connectivity index is 2.34. The number of nitrogens with one attached hydrogen (secondary N) is 1. The van der Waals surface area contributed by atoms with Crippen molar-refractivity contribution in [2.45, 2.75) is 19.9 Å². The molecule has 1 aliphatic rings. The molecule has 0 bridgehead atoms. The fraction of sp³-hybridized carbons (Fsp3) is 0.385. The highest BCUT2D eigenvalue weighted by Gasteiger charge is 2.30. The Morgan fingerprint density at radius 3 is 2.72 bits per heavy atom. The third-order valence-electron chi connectivity index (χ3n) is 3.41. The first-order valence-electron chi connectivity index (χ1n) is 5.89. The average Bonchev–Trinajstić information content (AvgIpc) is 2.35. The van der Waals surface area contributed by atoms with Crippen LogP contribution in [0.5, 0.6) is 0 Å². The maximum absolute atomic E-state index is 11.6. The molecular formula is C13H16N2O3. The lowest BCUT2D eigenvalue weighted by atomic mass is 10.0. The van der Waals surface area contributed by atoms with Crippen molar-refractivity contribution in [2.24, 2.45) is 5.92 Å². The first kappa shape index (κ1) is 12.4. The van der Waals surface area contributed by atoms with E-state index < -0.39 is 11.9 Å². The minimum absolute atomic E-state index is 0.113. The third-order valence-corrected chi connectivity index (χ3v) is 3.41. The summed E-state index contributed by atoms with van der Waals surface area (Å²) < 4.78 is 0. The van der Waals surface area contributed by atoms with Gasteiger partial charge in [-0.25, -0.2) is 0 Å². The Morgan fingerprint density at radius 2 is 2.06 bits per heavy atom. The fourth-order valence-corrected chi connectivity index (χ4v) is 2.10. The maximum Gasteiger partial charge on any atom is 0.308 e. The summed E-state index contributed by atoms with van der Waals surface area (Å²) in [5, 5.41) is 11.9. The number of para-hydroxylation sites is 2. The lowest BCUT2D eigenvalue weighted by Crippen LogP contribution is -2.47. The summed E-state index contributed by atoms with van der Waals surface area (Å²) in [5.74, 6) is -1.51. The minimum Gasteiger partial charge on any atom is -0.481 e. The van der Waals surface area contributed by atoms with Gasteiger partial charge in [0.2, 0.25) is 5.91 Å². The van der Waals surface area contributed by atoms with E-state index in [0.717, 1.165) is 11.4 Å². The molecule has 2 atom stereocenters. The molecule has 1 aliphatic heterocycles. The molecular weight excluding hydrogens is 232 g/mol. The topological polar surface area (TPSA) is 69.6 Å². The van der Waals surface area contributed by atoms with Crippen LogP contribution < -0.4 is 10.2 Å². The van der Waals surface area contributed by atoms with E-state index in [0.29, 0.717) is 0 Å². The van der Waals surface area contributed by atoms with Crippen LogP contribution in [0.1, 0.15) is 13.8 Å². The standard InChI is InChI=1S/C13H16N2O3/c1-8(13(17)18)9(2)15-7-12(16)14-10-5-3-4-6-11(10)15/h3-6,8-9H,7H2,1-2H3,(H,14,16)(H,17,18). The molecule has 0 aromatic heterocycles. The van der Waals surface area contributed by atoms with Gasteiger partial charge in [-0.3, -0.25) is 9.59 Å². The van der Waals surface area contributed by atoms with Gasteiger partial charge in [-0.15, -0.1) is 0 Å². The van der Waals surface area contributed by atoms with Crippen LogP contribution in [-0.2, 0) is 9.59 Å². The van der Waals surface area contributed by atoms with Gasteiger partial charge in [-0.1, -0.05) is 12.1 Å². The molecule has 1 aromatic carbocycles. The summed E-state index contributed by atoms with van der Waals surface area (Å²) in [6.45, 7) is 3.67. The van der Waals surface area contributed by atoms with Gasteiger partial charge in [0.1, 0.15) is 0 Å². The molecule has 1 heterocycles. The number of fused-ring (bicyclic) bond motifs is 1. The van der Waals surface area contributed by atoms with Gasteiger partial charge in [0, 0.05) is 6.04 Å². The molecule has 5 nitrogen and oxygen atoms in total. The quantitative estimate of drug-likeness (QED) is 0.851. The van der Waals surface area contributed by atoms with Crippen molar-refractivity contribution < 1.29 is 14.7 Å². The second-order valence-corrected chi connectivity index (χ2v) is 4.56. The van der Waals surface area contributed by atoms with Crippen molar-refractivity contribution in [3.63, 3.8) is 0 Å². The molecule has 0 spiro atoms. The molecule has 0 radical (unpaired) electrons. The van der Waals surface area contributed by atoms with Crippen LogP contribution in [-0.4, -0.2) is 29.6 Å². The smallest absolute Gasteiger partial charge is 0.308 e. The summed E-state index contributed by atoms with van der Waals surface area (Å²) in [6, 6.07) is 7.18. The van der Waals surface area contributed by atoms with Gasteiger partial charge in [0.05, 0.1) is 23.8 Å². The van der Waals surface area contributed by atoms with Gasteiger partial charge in [-0.2, -0.15) is 0 Å². The number of anilines is 2. The van der Waals surface area contributed by atoms with E-state index in [2.05, 4.69) is 5.32 Å². The normalized spacial score (nSPS) is 17.7. The maximum atomic E-state index is 11.6. The Labute approximate surface area is 105 Å². The molecule has 5 heteroatoms. The van der Waals surface area contributed by atoms with Crippen LogP contribution in [0.2, 0.25) is 0 Å². The van der Waals surface area contributed by atoms with Gasteiger partial charge >= 0.3 is 5.97 Å². The summed E-state index contributed by atoms with van der Waals surface area (Å²) in [5.41, 5.74) is 1.61. The molecule has 0 aliphatic carbocycles. The van der Waals surface area contributed by atoms with Crippen LogP contribution in [0.25, 0.3) is 0 Å². The molecule has 2 rings (SSSR count). The Morgan fingerprint density at radius 1 is 1.39 bits per heavy atom. The molecule has 2 N–H and O–H groups in total. The molecule has 1 amide bonds. The van der Waals surface area contributed by atoms with E-state index in [9.17, 15) is 9.59 Å². The van der Waals surface area contributed by atoms with Gasteiger partial charge in [0.15, 0.2) is 0 Å². The summed E-state index contributed by atoms with van der Waals surface area (Å²) in [7, 11) is 0. The lowest BCUT2D eigenvalue weighted by Gasteiger charge is -2.37. The van der Waals surface area contributed by atoms with Gasteiger partial charge in [-0.05, 0) is 26.0 Å². The second-order valence-electron chi connectivity index (χ2n) is 4.56. The zero-order chi connectivity index (χ0) is 13.3. The number of carboxylic acid groups (broad SMARTS) is 1. The molecule has 96 valence electrons. The molecule has 0 saturated heterocycles. The van der Waals surface area contributed by atoms with Crippen molar-refractivity contribution in [1.29, 1.82) is 0 Å². The van der Waals surface area contributed by atoms with Crippen LogP contribution in [0.15, 0.2) is 24.3 Å². The van der Waals surface area contributed by atoms with E-state index >= 15 is 0 Å². The SMILES string of the molecule is CC(C(=O)O)C(C)N1CC(=O)Nc2ccccc21. The van der Waals surface area contributed by atoms with E-state index in [-0.39, 0.29) is 18.5 Å². The average molecular weight is 248 g/mol. The number of nitrogens with zero attached hydrogens (tertiary/aromatic N) is 1. The van der Waals surface area contributed by atoms with Crippen LogP contribution in [0.3, 0.4) is 0 Å². The van der Waals surface area contributed by atoms with Crippen molar-refractivity contribution in [2.75, 3.05) is 16.8 Å². The fourth-order valence-electron chi connectivity index (χ4n) is 2.10. The highest BCUT2D eigenvalue weighted by atomic mass is 16.4. The van der Waals surface area contributed by atoms with Gasteiger partial charge < -0.3 is 15.3 Å². The first-order valence-corrected chi connectivity index (χ1v) is 5.89. The van der Waals surface area contributed by atoms with E-state index in [4.69, 9.17) is 5.11 Å². The molecule has 1 aromatic rings. The monoisotopic (exact) mass is 248 g/mol. The van der Waals surface area contributed by atoms with Crippen LogP contribution >= 0.6 is 0 Å². The number of aliphatic carboxylic acids is 1. The lowest BCUT2D eigenvalue weighted by molar-refractivity contribution is -0.141. The third kappa shape index (κ3) is 2.16.